The predicted molar refractivity (Wildman–Crippen MR) is 93.5 cm³/mol. The Morgan fingerprint density at radius 3 is 2.92 bits per heavy atom. The molecule has 0 bridgehead atoms. The first-order valence-electron chi connectivity index (χ1n) is 8.39. The van der Waals surface area contributed by atoms with Crippen LogP contribution in [-0.4, -0.2) is 71.7 Å². The normalized spacial score (nSPS) is 20.0. The van der Waals surface area contributed by atoms with Gasteiger partial charge in [-0.15, -0.1) is 10.2 Å². The van der Waals surface area contributed by atoms with Crippen LogP contribution in [0.5, 0.6) is 0 Å². The van der Waals surface area contributed by atoms with Crippen molar-refractivity contribution >= 4 is 15.7 Å². The average Bonchev–Trinajstić information content (AvgIpc) is 2.99. The zero-order valence-corrected chi connectivity index (χ0v) is 15.1. The molecule has 0 unspecified atom stereocenters. The first-order valence-corrected chi connectivity index (χ1v) is 10.0. The fourth-order valence-electron chi connectivity index (χ4n) is 3.26. The molecule has 3 heterocycles. The number of hydrogen-bond acceptors (Lipinski definition) is 5. The standard InChI is InChI=1S/C16H25N5O2S/c1-19(2)24(22,23)12-6-10-20-9-5-7-14(13-20)16-18-17-15-8-3-4-11-21(15)16/h3-4,8,11,14H,5-7,9-10,12-13H2,1-2H3/t14-/m1/s1. The second-order valence-corrected chi connectivity index (χ2v) is 8.88. The zero-order chi connectivity index (χ0) is 17.2. The van der Waals surface area contributed by atoms with E-state index < -0.39 is 10.0 Å². The van der Waals surface area contributed by atoms with Gasteiger partial charge in [-0.1, -0.05) is 6.07 Å². The van der Waals surface area contributed by atoms with E-state index in [-0.39, 0.29) is 5.75 Å². The highest BCUT2D eigenvalue weighted by molar-refractivity contribution is 7.89. The monoisotopic (exact) mass is 351 g/mol. The molecule has 1 atom stereocenters. The third-order valence-electron chi connectivity index (χ3n) is 4.64. The maximum Gasteiger partial charge on any atom is 0.213 e. The fourth-order valence-corrected chi connectivity index (χ4v) is 4.12. The number of likely N-dealkylation sites (tertiary alicyclic amines) is 1. The highest BCUT2D eigenvalue weighted by Gasteiger charge is 2.25. The second kappa shape index (κ2) is 7.16. The molecule has 1 aliphatic heterocycles. The number of aromatic nitrogens is 3. The molecule has 8 heteroatoms. The first-order chi connectivity index (χ1) is 11.5. The number of hydrogen-bond donors (Lipinski definition) is 0. The van der Waals surface area contributed by atoms with Gasteiger partial charge < -0.3 is 4.90 Å². The molecule has 2 aromatic rings. The topological polar surface area (TPSA) is 70.8 Å². The Balaban J connectivity index is 1.61. The molecule has 24 heavy (non-hydrogen) atoms. The summed E-state index contributed by atoms with van der Waals surface area (Å²) in [7, 11) is 0.0676. The maximum atomic E-state index is 11.9. The minimum absolute atomic E-state index is 0.203. The summed E-state index contributed by atoms with van der Waals surface area (Å²) >= 11 is 0. The van der Waals surface area contributed by atoms with Gasteiger partial charge in [-0.2, -0.15) is 0 Å². The van der Waals surface area contributed by atoms with Gasteiger partial charge in [0, 0.05) is 32.8 Å². The molecule has 7 nitrogen and oxygen atoms in total. The Kier molecular flexibility index (Phi) is 5.17. The molecule has 0 aliphatic carbocycles. The van der Waals surface area contributed by atoms with Crippen molar-refractivity contribution in [2.75, 3.05) is 39.5 Å². The van der Waals surface area contributed by atoms with E-state index >= 15 is 0 Å². The van der Waals surface area contributed by atoms with Crippen LogP contribution in [0.2, 0.25) is 0 Å². The molecular formula is C16H25N5O2S. The number of pyridine rings is 1. The molecule has 0 amide bonds. The van der Waals surface area contributed by atoms with Gasteiger partial charge >= 0.3 is 0 Å². The Morgan fingerprint density at radius 1 is 1.29 bits per heavy atom. The molecule has 1 fully saturated rings. The summed E-state index contributed by atoms with van der Waals surface area (Å²) in [6.07, 6.45) is 4.87. The van der Waals surface area contributed by atoms with E-state index in [4.69, 9.17) is 0 Å². The molecule has 3 rings (SSSR count). The van der Waals surface area contributed by atoms with Crippen molar-refractivity contribution in [3.05, 3.63) is 30.2 Å². The van der Waals surface area contributed by atoms with E-state index in [0.29, 0.717) is 12.3 Å². The Labute approximate surface area is 143 Å². The SMILES string of the molecule is CN(C)S(=O)(=O)CCCN1CCC[C@@H](c2nnc3ccccn23)C1. The lowest BCUT2D eigenvalue weighted by Crippen LogP contribution is -2.37. The summed E-state index contributed by atoms with van der Waals surface area (Å²) < 4.78 is 27.1. The lowest BCUT2D eigenvalue weighted by atomic mass is 9.97. The van der Waals surface area contributed by atoms with E-state index in [9.17, 15) is 8.42 Å². The van der Waals surface area contributed by atoms with E-state index in [1.807, 2.05) is 24.4 Å². The average molecular weight is 351 g/mol. The number of fused-ring (bicyclic) bond motifs is 1. The van der Waals surface area contributed by atoms with Gasteiger partial charge in [0.2, 0.25) is 10.0 Å². The molecule has 0 radical (unpaired) electrons. The molecule has 132 valence electrons. The van der Waals surface area contributed by atoms with Gasteiger partial charge in [0.05, 0.1) is 5.75 Å². The summed E-state index contributed by atoms with van der Waals surface area (Å²) in [6, 6.07) is 5.92. The summed E-state index contributed by atoms with van der Waals surface area (Å²) in [5.74, 6) is 1.56. The lowest BCUT2D eigenvalue weighted by Gasteiger charge is -2.31. The maximum absolute atomic E-state index is 11.9. The van der Waals surface area contributed by atoms with Crippen LogP contribution in [-0.2, 0) is 10.0 Å². The number of nitrogens with zero attached hydrogens (tertiary/aromatic N) is 5. The van der Waals surface area contributed by atoms with Crippen LogP contribution >= 0.6 is 0 Å². The molecule has 1 aliphatic rings. The Morgan fingerprint density at radius 2 is 2.12 bits per heavy atom. The van der Waals surface area contributed by atoms with E-state index in [1.54, 1.807) is 14.1 Å². The van der Waals surface area contributed by atoms with Crippen LogP contribution in [0.1, 0.15) is 31.0 Å². The van der Waals surface area contributed by atoms with Gasteiger partial charge in [-0.05, 0) is 44.5 Å². The van der Waals surface area contributed by atoms with Crippen molar-refractivity contribution in [3.63, 3.8) is 0 Å². The van der Waals surface area contributed by atoms with Crippen LogP contribution in [0.3, 0.4) is 0 Å². The molecule has 1 saturated heterocycles. The molecule has 2 aromatic heterocycles. The summed E-state index contributed by atoms with van der Waals surface area (Å²) in [5.41, 5.74) is 0.877. The van der Waals surface area contributed by atoms with Gasteiger partial charge in [0.15, 0.2) is 5.65 Å². The molecular weight excluding hydrogens is 326 g/mol. The second-order valence-electron chi connectivity index (χ2n) is 6.58. The van der Waals surface area contributed by atoms with Crippen molar-refractivity contribution in [2.24, 2.45) is 0 Å². The van der Waals surface area contributed by atoms with Crippen LogP contribution in [0.15, 0.2) is 24.4 Å². The Hall–Kier alpha value is -1.51. The summed E-state index contributed by atoms with van der Waals surface area (Å²) in [6.45, 7) is 2.74. The van der Waals surface area contributed by atoms with Crippen molar-refractivity contribution in [1.29, 1.82) is 0 Å². The van der Waals surface area contributed by atoms with Crippen LogP contribution in [0.4, 0.5) is 0 Å². The van der Waals surface area contributed by atoms with Crippen LogP contribution in [0, 0.1) is 0 Å². The van der Waals surface area contributed by atoms with E-state index in [2.05, 4.69) is 19.5 Å². The third-order valence-corrected chi connectivity index (χ3v) is 6.56. The highest BCUT2D eigenvalue weighted by Crippen LogP contribution is 2.26. The van der Waals surface area contributed by atoms with E-state index in [0.717, 1.165) is 43.9 Å². The van der Waals surface area contributed by atoms with E-state index in [1.165, 1.54) is 4.31 Å². The predicted octanol–water partition coefficient (Wildman–Crippen LogP) is 1.19. The quantitative estimate of drug-likeness (QED) is 0.782. The molecule has 0 N–H and O–H groups in total. The minimum atomic E-state index is -3.10. The molecule has 0 spiro atoms. The number of sulfonamides is 1. The number of rotatable bonds is 6. The largest absolute Gasteiger partial charge is 0.303 e. The third kappa shape index (κ3) is 3.76. The van der Waals surface area contributed by atoms with Gasteiger partial charge in [-0.25, -0.2) is 12.7 Å². The fraction of sp³-hybridized carbons (Fsp3) is 0.625. The zero-order valence-electron chi connectivity index (χ0n) is 14.3. The number of piperidine rings is 1. The van der Waals surface area contributed by atoms with Gasteiger partial charge in [-0.3, -0.25) is 4.40 Å². The van der Waals surface area contributed by atoms with Gasteiger partial charge in [0.25, 0.3) is 0 Å². The van der Waals surface area contributed by atoms with Crippen molar-refractivity contribution in [2.45, 2.75) is 25.2 Å². The van der Waals surface area contributed by atoms with Crippen molar-refractivity contribution in [1.82, 2.24) is 23.8 Å². The van der Waals surface area contributed by atoms with Crippen molar-refractivity contribution < 1.29 is 8.42 Å². The minimum Gasteiger partial charge on any atom is -0.303 e. The smallest absolute Gasteiger partial charge is 0.213 e. The van der Waals surface area contributed by atoms with Crippen molar-refractivity contribution in [3.8, 4) is 0 Å². The van der Waals surface area contributed by atoms with Crippen LogP contribution in [0.25, 0.3) is 5.65 Å². The summed E-state index contributed by atoms with van der Waals surface area (Å²) in [5, 5.41) is 8.62. The van der Waals surface area contributed by atoms with Crippen LogP contribution < -0.4 is 0 Å². The van der Waals surface area contributed by atoms with Gasteiger partial charge in [0.1, 0.15) is 5.82 Å². The first kappa shape index (κ1) is 17.3. The molecule has 0 aromatic carbocycles. The Bertz CT molecular complexity index is 787. The highest BCUT2D eigenvalue weighted by atomic mass is 32.2. The molecule has 0 saturated carbocycles. The summed E-state index contributed by atoms with van der Waals surface area (Å²) in [4.78, 5) is 2.35. The lowest BCUT2D eigenvalue weighted by molar-refractivity contribution is 0.204.